The third kappa shape index (κ3) is 5.08. The molecule has 0 bridgehead atoms. The summed E-state index contributed by atoms with van der Waals surface area (Å²) in [5, 5.41) is 17.5. The summed E-state index contributed by atoms with van der Waals surface area (Å²) in [5.41, 5.74) is 4.36. The molecule has 0 fully saturated rings. The summed E-state index contributed by atoms with van der Waals surface area (Å²) < 4.78 is 0. The first-order valence-electron chi connectivity index (χ1n) is 9.72. The van der Waals surface area contributed by atoms with E-state index >= 15 is 0 Å². The Kier molecular flexibility index (Phi) is 6.48. The highest BCUT2D eigenvalue weighted by Crippen LogP contribution is 2.19. The molecule has 144 valence electrons. The van der Waals surface area contributed by atoms with Gasteiger partial charge in [0.2, 0.25) is 0 Å². The molecule has 0 saturated carbocycles. The fourth-order valence-corrected chi connectivity index (χ4v) is 3.36. The van der Waals surface area contributed by atoms with Crippen molar-refractivity contribution in [3.05, 3.63) is 59.3 Å². The van der Waals surface area contributed by atoms with E-state index in [4.69, 9.17) is 0 Å². The maximum absolute atomic E-state index is 12.4. The SMILES string of the molecule is CCC1=CC(CNCC(O)C(C)NC(=O)c2ccc3[nH]ccc3c2)=CCC1. The molecule has 2 atom stereocenters. The number of allylic oxidation sites excluding steroid dienone is 2. The lowest BCUT2D eigenvalue weighted by atomic mass is 9.97. The van der Waals surface area contributed by atoms with Gasteiger partial charge in [0.05, 0.1) is 12.1 Å². The average Bonchev–Trinajstić information content (AvgIpc) is 3.15. The molecule has 4 N–H and O–H groups in total. The van der Waals surface area contributed by atoms with Gasteiger partial charge in [0.15, 0.2) is 0 Å². The summed E-state index contributed by atoms with van der Waals surface area (Å²) in [5.74, 6) is -0.171. The van der Waals surface area contributed by atoms with Crippen LogP contribution in [-0.4, -0.2) is 41.2 Å². The first-order valence-corrected chi connectivity index (χ1v) is 9.72. The highest BCUT2D eigenvalue weighted by Gasteiger charge is 2.17. The third-order valence-electron chi connectivity index (χ3n) is 5.15. The Bertz CT molecular complexity index is 850. The molecule has 5 heteroatoms. The fraction of sp³-hybridized carbons (Fsp3) is 0.409. The largest absolute Gasteiger partial charge is 0.390 e. The summed E-state index contributed by atoms with van der Waals surface area (Å²) >= 11 is 0. The number of carbonyl (C=O) groups is 1. The number of fused-ring (bicyclic) bond motifs is 1. The van der Waals surface area contributed by atoms with Gasteiger partial charge >= 0.3 is 0 Å². The number of H-pyrrole nitrogens is 1. The predicted molar refractivity (Wildman–Crippen MR) is 110 cm³/mol. The lowest BCUT2D eigenvalue weighted by molar-refractivity contribution is 0.0852. The van der Waals surface area contributed by atoms with E-state index in [0.717, 1.165) is 36.7 Å². The van der Waals surface area contributed by atoms with Crippen LogP contribution in [0.15, 0.2) is 53.8 Å². The van der Waals surface area contributed by atoms with Crippen LogP contribution in [0.5, 0.6) is 0 Å². The summed E-state index contributed by atoms with van der Waals surface area (Å²) in [6, 6.07) is 7.13. The second-order valence-electron chi connectivity index (χ2n) is 7.21. The fourth-order valence-electron chi connectivity index (χ4n) is 3.36. The predicted octanol–water partition coefficient (Wildman–Crippen LogP) is 3.29. The number of aromatic amines is 1. The zero-order valence-corrected chi connectivity index (χ0v) is 16.1. The van der Waals surface area contributed by atoms with Crippen LogP contribution in [0, 0.1) is 0 Å². The molecule has 0 spiro atoms. The second-order valence-corrected chi connectivity index (χ2v) is 7.21. The van der Waals surface area contributed by atoms with Gasteiger partial charge in [0, 0.05) is 35.8 Å². The van der Waals surface area contributed by atoms with Crippen LogP contribution in [0.3, 0.4) is 0 Å². The summed E-state index contributed by atoms with van der Waals surface area (Å²) in [4.78, 5) is 15.6. The zero-order valence-electron chi connectivity index (χ0n) is 16.1. The number of rotatable bonds is 8. The van der Waals surface area contributed by atoms with Gasteiger partial charge in [-0.25, -0.2) is 0 Å². The van der Waals surface area contributed by atoms with E-state index in [9.17, 15) is 9.90 Å². The molecular weight excluding hydrogens is 338 g/mol. The molecule has 3 rings (SSSR count). The van der Waals surface area contributed by atoms with Crippen molar-refractivity contribution >= 4 is 16.8 Å². The Morgan fingerprint density at radius 1 is 1.33 bits per heavy atom. The molecule has 0 saturated heterocycles. The highest BCUT2D eigenvalue weighted by atomic mass is 16.3. The number of aliphatic hydroxyl groups excluding tert-OH is 1. The van der Waals surface area contributed by atoms with Crippen molar-refractivity contribution < 1.29 is 9.90 Å². The number of amides is 1. The minimum Gasteiger partial charge on any atom is -0.390 e. The first-order chi connectivity index (χ1) is 13.1. The molecule has 1 aliphatic carbocycles. The normalized spacial score (nSPS) is 16.6. The molecule has 1 aliphatic rings. The zero-order chi connectivity index (χ0) is 19.2. The van der Waals surface area contributed by atoms with Crippen molar-refractivity contribution in [3.8, 4) is 0 Å². The van der Waals surface area contributed by atoms with E-state index in [1.165, 1.54) is 11.1 Å². The molecule has 5 nitrogen and oxygen atoms in total. The lowest BCUT2D eigenvalue weighted by Crippen LogP contribution is -2.45. The molecule has 1 aromatic heterocycles. The van der Waals surface area contributed by atoms with Crippen LogP contribution in [0.25, 0.3) is 10.9 Å². The topological polar surface area (TPSA) is 77.2 Å². The van der Waals surface area contributed by atoms with Crippen molar-refractivity contribution in [2.24, 2.45) is 0 Å². The van der Waals surface area contributed by atoms with E-state index in [0.29, 0.717) is 12.1 Å². The lowest BCUT2D eigenvalue weighted by Gasteiger charge is -2.21. The van der Waals surface area contributed by atoms with Gasteiger partial charge in [-0.1, -0.05) is 24.6 Å². The van der Waals surface area contributed by atoms with Gasteiger partial charge in [0.25, 0.3) is 5.91 Å². The Morgan fingerprint density at radius 3 is 3.00 bits per heavy atom. The Hall–Kier alpha value is -2.37. The van der Waals surface area contributed by atoms with Crippen molar-refractivity contribution in [1.82, 2.24) is 15.6 Å². The number of aliphatic hydroxyl groups is 1. The van der Waals surface area contributed by atoms with Crippen molar-refractivity contribution in [1.29, 1.82) is 0 Å². The quantitative estimate of drug-likeness (QED) is 0.578. The van der Waals surface area contributed by atoms with E-state index in [-0.39, 0.29) is 11.9 Å². The number of nitrogens with one attached hydrogen (secondary N) is 3. The standard InChI is InChI=1S/C22H29N3O2/c1-3-16-5-4-6-17(11-16)13-23-14-21(26)15(2)25-22(27)19-7-8-20-18(12-19)9-10-24-20/h6-12,15,21,23-24,26H,3-5,13-14H2,1-2H3,(H,25,27). The second kappa shape index (κ2) is 9.02. The molecule has 1 amide bonds. The van der Waals surface area contributed by atoms with Crippen molar-refractivity contribution in [3.63, 3.8) is 0 Å². The number of carbonyl (C=O) groups excluding carboxylic acids is 1. The Morgan fingerprint density at radius 2 is 2.19 bits per heavy atom. The van der Waals surface area contributed by atoms with Crippen LogP contribution < -0.4 is 10.6 Å². The molecular formula is C22H29N3O2. The smallest absolute Gasteiger partial charge is 0.251 e. The Labute approximate surface area is 160 Å². The molecule has 0 radical (unpaired) electrons. The first kappa shape index (κ1) is 19.4. The van der Waals surface area contributed by atoms with Crippen LogP contribution in [0.1, 0.15) is 43.5 Å². The third-order valence-corrected chi connectivity index (χ3v) is 5.15. The maximum Gasteiger partial charge on any atom is 0.251 e. The minimum atomic E-state index is -0.649. The van der Waals surface area contributed by atoms with E-state index in [2.05, 4.69) is 34.7 Å². The van der Waals surface area contributed by atoms with Crippen LogP contribution in [0.2, 0.25) is 0 Å². The summed E-state index contributed by atoms with van der Waals surface area (Å²) in [6.07, 6.45) is 9.05. The van der Waals surface area contributed by atoms with Crippen LogP contribution in [0.4, 0.5) is 0 Å². The van der Waals surface area contributed by atoms with Crippen LogP contribution >= 0.6 is 0 Å². The van der Waals surface area contributed by atoms with Gasteiger partial charge in [-0.15, -0.1) is 0 Å². The van der Waals surface area contributed by atoms with Gasteiger partial charge in [0.1, 0.15) is 0 Å². The number of hydrogen-bond donors (Lipinski definition) is 4. The van der Waals surface area contributed by atoms with Gasteiger partial charge < -0.3 is 20.7 Å². The van der Waals surface area contributed by atoms with Crippen molar-refractivity contribution in [2.45, 2.75) is 45.3 Å². The highest BCUT2D eigenvalue weighted by molar-refractivity contribution is 5.98. The number of hydrogen-bond acceptors (Lipinski definition) is 3. The minimum absolute atomic E-state index is 0.171. The molecule has 2 unspecified atom stereocenters. The summed E-state index contributed by atoms with van der Waals surface area (Å²) in [7, 11) is 0. The van der Waals surface area contributed by atoms with E-state index < -0.39 is 6.10 Å². The maximum atomic E-state index is 12.4. The molecule has 1 heterocycles. The monoisotopic (exact) mass is 367 g/mol. The molecule has 27 heavy (non-hydrogen) atoms. The Balaban J connectivity index is 1.47. The van der Waals surface area contributed by atoms with E-state index in [1.54, 1.807) is 6.07 Å². The summed E-state index contributed by atoms with van der Waals surface area (Å²) in [6.45, 7) is 5.19. The van der Waals surface area contributed by atoms with Gasteiger partial charge in [-0.2, -0.15) is 0 Å². The van der Waals surface area contributed by atoms with Gasteiger partial charge in [-0.3, -0.25) is 4.79 Å². The molecule has 2 aromatic rings. The number of aromatic nitrogens is 1. The number of benzene rings is 1. The van der Waals surface area contributed by atoms with Gasteiger partial charge in [-0.05, 0) is 56.0 Å². The molecule has 0 aliphatic heterocycles. The average molecular weight is 367 g/mol. The van der Waals surface area contributed by atoms with Crippen molar-refractivity contribution in [2.75, 3.05) is 13.1 Å². The molecule has 1 aromatic carbocycles. The van der Waals surface area contributed by atoms with E-state index in [1.807, 2.05) is 31.3 Å². The van der Waals surface area contributed by atoms with Crippen LogP contribution in [-0.2, 0) is 0 Å².